The summed E-state index contributed by atoms with van der Waals surface area (Å²) in [6.07, 6.45) is 1.54. The van der Waals surface area contributed by atoms with Gasteiger partial charge in [0.1, 0.15) is 18.0 Å². The van der Waals surface area contributed by atoms with Crippen LogP contribution < -0.4 is 10.6 Å². The van der Waals surface area contributed by atoms with Crippen molar-refractivity contribution in [3.8, 4) is 0 Å². The first kappa shape index (κ1) is 13.1. The molecule has 0 amide bonds. The second-order valence-electron chi connectivity index (χ2n) is 5.68. The van der Waals surface area contributed by atoms with Crippen molar-refractivity contribution in [2.45, 2.75) is 39.2 Å². The minimum Gasteiger partial charge on any atom is -0.383 e. The van der Waals surface area contributed by atoms with Crippen LogP contribution in [0.1, 0.15) is 39.2 Å². The van der Waals surface area contributed by atoms with Crippen molar-refractivity contribution >= 4 is 11.6 Å². The average molecular weight is 250 g/mol. The lowest BCUT2D eigenvalue weighted by atomic mass is 10.0. The maximum atomic E-state index is 5.99. The fourth-order valence-electron chi connectivity index (χ4n) is 2.40. The third-order valence-corrected chi connectivity index (χ3v) is 3.20. The highest BCUT2D eigenvalue weighted by Crippen LogP contribution is 2.31. The van der Waals surface area contributed by atoms with E-state index in [9.17, 15) is 0 Å². The number of anilines is 2. The predicted octanol–water partition coefficient (Wildman–Crippen LogP) is 1.80. The lowest BCUT2D eigenvalue weighted by Crippen LogP contribution is -2.49. The molecule has 0 atom stereocenters. The highest BCUT2D eigenvalue weighted by molar-refractivity contribution is 5.58. The molecule has 1 saturated heterocycles. The minimum absolute atomic E-state index is 0.147. The number of hydrogen-bond donors (Lipinski definition) is 1. The Hall–Kier alpha value is -1.36. The molecule has 1 fully saturated rings. The van der Waals surface area contributed by atoms with Crippen molar-refractivity contribution in [2.75, 3.05) is 30.3 Å². The monoisotopic (exact) mass is 250 g/mol. The predicted molar refractivity (Wildman–Crippen MR) is 72.8 cm³/mol. The van der Waals surface area contributed by atoms with E-state index in [0.717, 1.165) is 24.5 Å². The van der Waals surface area contributed by atoms with Crippen LogP contribution in [0.5, 0.6) is 0 Å². The molecule has 2 N–H and O–H groups in total. The van der Waals surface area contributed by atoms with E-state index >= 15 is 0 Å². The lowest BCUT2D eigenvalue weighted by molar-refractivity contribution is -0.0279. The van der Waals surface area contributed by atoms with Gasteiger partial charge in [-0.05, 0) is 19.8 Å². The highest BCUT2D eigenvalue weighted by atomic mass is 16.5. The molecule has 5 heteroatoms. The van der Waals surface area contributed by atoms with E-state index in [2.05, 4.69) is 42.6 Å². The molecule has 2 heterocycles. The first-order valence-corrected chi connectivity index (χ1v) is 6.40. The van der Waals surface area contributed by atoms with Crippen LogP contribution in [-0.2, 0) is 4.74 Å². The quantitative estimate of drug-likeness (QED) is 0.867. The number of rotatable bonds is 2. The normalized spacial score (nSPS) is 19.3. The van der Waals surface area contributed by atoms with Gasteiger partial charge in [-0.3, -0.25) is 0 Å². The van der Waals surface area contributed by atoms with E-state index in [4.69, 9.17) is 10.5 Å². The van der Waals surface area contributed by atoms with Crippen LogP contribution in [0.2, 0.25) is 0 Å². The molecule has 0 bridgehead atoms. The van der Waals surface area contributed by atoms with Crippen molar-refractivity contribution in [1.29, 1.82) is 0 Å². The molecule has 0 aliphatic carbocycles. The fraction of sp³-hybridized carbons (Fsp3) is 0.692. The summed E-state index contributed by atoms with van der Waals surface area (Å²) in [6, 6.07) is 0. The van der Waals surface area contributed by atoms with Gasteiger partial charge in [-0.1, -0.05) is 13.8 Å². The van der Waals surface area contributed by atoms with Gasteiger partial charge in [-0.2, -0.15) is 0 Å². The van der Waals surface area contributed by atoms with Crippen molar-refractivity contribution in [2.24, 2.45) is 0 Å². The minimum atomic E-state index is -0.147. The summed E-state index contributed by atoms with van der Waals surface area (Å²) < 4.78 is 5.73. The molecule has 1 aliphatic rings. The van der Waals surface area contributed by atoms with Gasteiger partial charge < -0.3 is 15.4 Å². The van der Waals surface area contributed by atoms with Crippen molar-refractivity contribution < 1.29 is 4.74 Å². The first-order chi connectivity index (χ1) is 8.41. The summed E-state index contributed by atoms with van der Waals surface area (Å²) >= 11 is 0. The summed E-state index contributed by atoms with van der Waals surface area (Å²) in [5.41, 5.74) is 6.88. The van der Waals surface area contributed by atoms with E-state index in [1.807, 2.05) is 0 Å². The van der Waals surface area contributed by atoms with Crippen LogP contribution in [0, 0.1) is 0 Å². The Bertz CT molecular complexity index is 431. The van der Waals surface area contributed by atoms with Gasteiger partial charge in [-0.15, -0.1) is 0 Å². The molecule has 0 aromatic carbocycles. The first-order valence-electron chi connectivity index (χ1n) is 6.40. The van der Waals surface area contributed by atoms with Gasteiger partial charge >= 0.3 is 0 Å². The van der Waals surface area contributed by atoms with Crippen LogP contribution in [-0.4, -0.2) is 35.3 Å². The SMILES string of the molecule is CC(C)c1c(N)ncnc1N1CCOC(C)(C)C1. The Balaban J connectivity index is 2.36. The van der Waals surface area contributed by atoms with Crippen molar-refractivity contribution in [3.05, 3.63) is 11.9 Å². The number of hydrogen-bond acceptors (Lipinski definition) is 5. The molecule has 0 saturated carbocycles. The molecule has 18 heavy (non-hydrogen) atoms. The van der Waals surface area contributed by atoms with Crippen LogP contribution in [0.3, 0.4) is 0 Å². The van der Waals surface area contributed by atoms with E-state index in [0.29, 0.717) is 18.3 Å². The zero-order valence-electron chi connectivity index (χ0n) is 11.6. The maximum Gasteiger partial charge on any atom is 0.137 e. The largest absolute Gasteiger partial charge is 0.383 e. The molecular weight excluding hydrogens is 228 g/mol. The highest BCUT2D eigenvalue weighted by Gasteiger charge is 2.30. The van der Waals surface area contributed by atoms with Gasteiger partial charge in [0.2, 0.25) is 0 Å². The van der Waals surface area contributed by atoms with Gasteiger partial charge in [0.15, 0.2) is 0 Å². The summed E-state index contributed by atoms with van der Waals surface area (Å²) in [7, 11) is 0. The lowest BCUT2D eigenvalue weighted by Gasteiger charge is -2.39. The molecule has 1 aromatic heterocycles. The van der Waals surface area contributed by atoms with Crippen LogP contribution >= 0.6 is 0 Å². The molecule has 0 radical (unpaired) electrons. The summed E-state index contributed by atoms with van der Waals surface area (Å²) in [5, 5.41) is 0. The van der Waals surface area contributed by atoms with E-state index < -0.39 is 0 Å². The average Bonchev–Trinajstić information content (AvgIpc) is 2.26. The smallest absolute Gasteiger partial charge is 0.137 e. The van der Waals surface area contributed by atoms with Crippen LogP contribution in [0.4, 0.5) is 11.6 Å². The Morgan fingerprint density at radius 1 is 1.39 bits per heavy atom. The molecule has 1 aliphatic heterocycles. The number of nitrogen functional groups attached to an aromatic ring is 1. The Labute approximate surface area is 108 Å². The van der Waals surface area contributed by atoms with Crippen LogP contribution in [0.15, 0.2) is 6.33 Å². The zero-order chi connectivity index (χ0) is 13.3. The maximum absolute atomic E-state index is 5.99. The molecule has 5 nitrogen and oxygen atoms in total. The molecule has 0 spiro atoms. The Morgan fingerprint density at radius 3 is 2.72 bits per heavy atom. The summed E-state index contributed by atoms with van der Waals surface area (Å²) in [6.45, 7) is 10.8. The number of ether oxygens (including phenoxy) is 1. The van der Waals surface area contributed by atoms with Gasteiger partial charge in [-0.25, -0.2) is 9.97 Å². The fourth-order valence-corrected chi connectivity index (χ4v) is 2.40. The standard InChI is InChI=1S/C13H22N4O/c1-9(2)10-11(14)15-8-16-12(10)17-5-6-18-13(3,4)7-17/h8-9H,5-7H2,1-4H3,(H2,14,15,16). The Morgan fingerprint density at radius 2 is 2.11 bits per heavy atom. The number of morpholine rings is 1. The van der Waals surface area contributed by atoms with E-state index in [-0.39, 0.29) is 5.60 Å². The number of nitrogens with zero attached hydrogens (tertiary/aromatic N) is 3. The molecule has 100 valence electrons. The molecule has 1 aromatic rings. The number of nitrogens with two attached hydrogens (primary N) is 1. The summed E-state index contributed by atoms with van der Waals surface area (Å²) in [4.78, 5) is 10.8. The van der Waals surface area contributed by atoms with Gasteiger partial charge in [0, 0.05) is 18.7 Å². The third-order valence-electron chi connectivity index (χ3n) is 3.20. The second kappa shape index (κ2) is 4.72. The molecule has 0 unspecified atom stereocenters. The Kier molecular flexibility index (Phi) is 3.43. The van der Waals surface area contributed by atoms with E-state index in [1.165, 1.54) is 0 Å². The van der Waals surface area contributed by atoms with Crippen LogP contribution in [0.25, 0.3) is 0 Å². The van der Waals surface area contributed by atoms with Gasteiger partial charge in [0.25, 0.3) is 0 Å². The van der Waals surface area contributed by atoms with Crippen molar-refractivity contribution in [1.82, 2.24) is 9.97 Å². The van der Waals surface area contributed by atoms with Crippen molar-refractivity contribution in [3.63, 3.8) is 0 Å². The number of aromatic nitrogens is 2. The zero-order valence-corrected chi connectivity index (χ0v) is 11.6. The molecular formula is C13H22N4O. The summed E-state index contributed by atoms with van der Waals surface area (Å²) in [5.74, 6) is 1.85. The van der Waals surface area contributed by atoms with Gasteiger partial charge in [0.05, 0.1) is 12.2 Å². The topological polar surface area (TPSA) is 64.3 Å². The van der Waals surface area contributed by atoms with E-state index in [1.54, 1.807) is 6.33 Å². The molecule has 2 rings (SSSR count). The third kappa shape index (κ3) is 2.56. The second-order valence-corrected chi connectivity index (χ2v) is 5.68.